The van der Waals surface area contributed by atoms with E-state index in [9.17, 15) is 9.18 Å². The zero-order chi connectivity index (χ0) is 18.9. The first kappa shape index (κ1) is 19.7. The fourth-order valence-corrected chi connectivity index (χ4v) is 2.86. The molecule has 3 N–H and O–H groups in total. The average molecular weight is 360 g/mol. The molecule has 1 aromatic carbocycles. The van der Waals surface area contributed by atoms with E-state index in [1.807, 2.05) is 6.07 Å². The Labute approximate surface area is 153 Å². The average Bonchev–Trinajstić information content (AvgIpc) is 2.67. The van der Waals surface area contributed by atoms with E-state index in [2.05, 4.69) is 25.8 Å². The van der Waals surface area contributed by atoms with Gasteiger partial charge in [-0.25, -0.2) is 4.39 Å². The fraction of sp³-hybridized carbons (Fsp3) is 0.500. The van der Waals surface area contributed by atoms with Gasteiger partial charge >= 0.3 is 0 Å². The Morgan fingerprint density at radius 3 is 2.77 bits per heavy atom. The van der Waals surface area contributed by atoms with Crippen molar-refractivity contribution in [1.29, 1.82) is 5.26 Å². The van der Waals surface area contributed by atoms with Crippen LogP contribution in [0.3, 0.4) is 0 Å². The second-order valence-corrected chi connectivity index (χ2v) is 6.21. The normalized spacial score (nSPS) is 16.0. The second kappa shape index (κ2) is 9.73. The molecular weight excluding hydrogens is 335 g/mol. The zero-order valence-corrected chi connectivity index (χ0v) is 15.2. The first-order chi connectivity index (χ1) is 12.5. The third-order valence-electron chi connectivity index (χ3n) is 4.42. The number of carbonyl (C=O) groups excluding carboxylic acids is 1. The summed E-state index contributed by atoms with van der Waals surface area (Å²) in [5.41, 5.74) is 0.849. The van der Waals surface area contributed by atoms with Crippen LogP contribution in [0.2, 0.25) is 0 Å². The Kier molecular flexibility index (Phi) is 7.36. The Morgan fingerprint density at radius 2 is 2.15 bits per heavy atom. The van der Waals surface area contributed by atoms with Crippen molar-refractivity contribution >= 4 is 11.9 Å². The van der Waals surface area contributed by atoms with Gasteiger partial charge in [0.2, 0.25) is 5.91 Å². The van der Waals surface area contributed by atoms with Crippen LogP contribution in [0.15, 0.2) is 23.2 Å². The minimum absolute atomic E-state index is 0.0236. The predicted octanol–water partition coefficient (Wildman–Crippen LogP) is 0.573. The summed E-state index contributed by atoms with van der Waals surface area (Å²) in [6.07, 6.45) is 1.80. The molecule has 1 amide bonds. The molecule has 2 rings (SSSR count). The summed E-state index contributed by atoms with van der Waals surface area (Å²) in [6, 6.07) is 6.55. The quantitative estimate of drug-likeness (QED) is 0.527. The molecule has 8 heteroatoms. The van der Waals surface area contributed by atoms with E-state index in [-0.39, 0.29) is 24.3 Å². The number of benzene rings is 1. The fourth-order valence-electron chi connectivity index (χ4n) is 2.86. The molecule has 1 heterocycles. The number of aliphatic imine (C=N–C) groups is 1. The lowest BCUT2D eigenvalue weighted by atomic mass is 10.1. The Morgan fingerprint density at radius 1 is 1.42 bits per heavy atom. The zero-order valence-electron chi connectivity index (χ0n) is 15.2. The molecule has 0 radical (unpaired) electrons. The van der Waals surface area contributed by atoms with E-state index in [0.29, 0.717) is 23.6 Å². The molecule has 1 aromatic rings. The van der Waals surface area contributed by atoms with Crippen molar-refractivity contribution in [2.24, 2.45) is 4.99 Å². The maximum absolute atomic E-state index is 13.8. The van der Waals surface area contributed by atoms with Gasteiger partial charge in [0.25, 0.3) is 0 Å². The molecular formula is C18H25FN6O. The number of rotatable bonds is 5. The first-order valence-electron chi connectivity index (χ1n) is 8.64. The number of guanidine groups is 1. The third-order valence-corrected chi connectivity index (χ3v) is 4.42. The van der Waals surface area contributed by atoms with Gasteiger partial charge in [0.15, 0.2) is 5.96 Å². The van der Waals surface area contributed by atoms with Crippen molar-refractivity contribution in [3.63, 3.8) is 0 Å². The monoisotopic (exact) mass is 360 g/mol. The smallest absolute Gasteiger partial charge is 0.233 e. The van der Waals surface area contributed by atoms with E-state index >= 15 is 0 Å². The van der Waals surface area contributed by atoms with Crippen LogP contribution >= 0.6 is 0 Å². The summed E-state index contributed by atoms with van der Waals surface area (Å²) in [6.45, 7) is 2.34. The van der Waals surface area contributed by atoms with Crippen LogP contribution in [-0.4, -0.2) is 56.5 Å². The van der Waals surface area contributed by atoms with Crippen molar-refractivity contribution in [2.75, 3.05) is 33.7 Å². The largest absolute Gasteiger partial charge is 0.358 e. The van der Waals surface area contributed by atoms with E-state index in [0.717, 1.165) is 25.9 Å². The standard InChI is InChI=1S/C18H25FN6O/c1-21-17(26)12-25-7-5-15(6-8-25)24-18(22-2)23-11-14-9-13(10-20)3-4-16(14)19/h3-4,9,15H,5-8,11-12H2,1-2H3,(H,21,26)(H2,22,23,24). The number of likely N-dealkylation sites (N-methyl/N-ethyl adjacent to an activating group) is 1. The molecule has 0 unspecified atom stereocenters. The van der Waals surface area contributed by atoms with Crippen molar-refractivity contribution in [2.45, 2.75) is 25.4 Å². The molecule has 26 heavy (non-hydrogen) atoms. The highest BCUT2D eigenvalue weighted by Gasteiger charge is 2.21. The van der Waals surface area contributed by atoms with Crippen LogP contribution in [-0.2, 0) is 11.3 Å². The minimum Gasteiger partial charge on any atom is -0.358 e. The molecule has 0 atom stereocenters. The lowest BCUT2D eigenvalue weighted by Crippen LogP contribution is -2.49. The topological polar surface area (TPSA) is 92.6 Å². The number of nitrogens with zero attached hydrogens (tertiary/aromatic N) is 3. The molecule has 1 fully saturated rings. The number of carbonyl (C=O) groups is 1. The van der Waals surface area contributed by atoms with E-state index in [1.165, 1.54) is 18.2 Å². The number of hydrogen-bond acceptors (Lipinski definition) is 4. The number of amides is 1. The van der Waals surface area contributed by atoms with Crippen LogP contribution in [0.25, 0.3) is 0 Å². The number of hydrogen-bond donors (Lipinski definition) is 3. The number of halogens is 1. The SMILES string of the molecule is CN=C(NCc1cc(C#N)ccc1F)NC1CCN(CC(=O)NC)CC1. The summed E-state index contributed by atoms with van der Waals surface area (Å²) < 4.78 is 13.8. The third kappa shape index (κ3) is 5.70. The minimum atomic E-state index is -0.352. The highest BCUT2D eigenvalue weighted by molar-refractivity contribution is 5.80. The van der Waals surface area contributed by atoms with Gasteiger partial charge in [-0.3, -0.25) is 14.7 Å². The molecule has 0 saturated carbocycles. The maximum atomic E-state index is 13.8. The molecule has 0 aromatic heterocycles. The van der Waals surface area contributed by atoms with Crippen LogP contribution < -0.4 is 16.0 Å². The Bertz CT molecular complexity index is 691. The van der Waals surface area contributed by atoms with E-state index < -0.39 is 0 Å². The van der Waals surface area contributed by atoms with Gasteiger partial charge in [0, 0.05) is 45.3 Å². The van der Waals surface area contributed by atoms with Crippen molar-refractivity contribution in [1.82, 2.24) is 20.9 Å². The van der Waals surface area contributed by atoms with E-state index in [4.69, 9.17) is 5.26 Å². The van der Waals surface area contributed by atoms with Crippen molar-refractivity contribution < 1.29 is 9.18 Å². The molecule has 0 aliphatic carbocycles. The van der Waals surface area contributed by atoms with E-state index in [1.54, 1.807) is 14.1 Å². The number of piperidine rings is 1. The first-order valence-corrected chi connectivity index (χ1v) is 8.64. The second-order valence-electron chi connectivity index (χ2n) is 6.21. The molecule has 140 valence electrons. The maximum Gasteiger partial charge on any atom is 0.233 e. The molecule has 7 nitrogen and oxygen atoms in total. The summed E-state index contributed by atoms with van der Waals surface area (Å²) in [5, 5.41) is 18.0. The summed E-state index contributed by atoms with van der Waals surface area (Å²) in [7, 11) is 3.31. The number of nitrogens with one attached hydrogen (secondary N) is 3. The number of nitriles is 1. The van der Waals surface area contributed by atoms with Gasteiger partial charge in [-0.05, 0) is 31.0 Å². The lowest BCUT2D eigenvalue weighted by Gasteiger charge is -2.32. The Balaban J connectivity index is 1.82. The van der Waals surface area contributed by atoms with Crippen LogP contribution in [0, 0.1) is 17.1 Å². The van der Waals surface area contributed by atoms with Gasteiger partial charge in [-0.15, -0.1) is 0 Å². The number of likely N-dealkylation sites (tertiary alicyclic amines) is 1. The summed E-state index contributed by atoms with van der Waals surface area (Å²) >= 11 is 0. The van der Waals surface area contributed by atoms with Gasteiger partial charge in [0.1, 0.15) is 5.82 Å². The van der Waals surface area contributed by atoms with Crippen LogP contribution in [0.5, 0.6) is 0 Å². The lowest BCUT2D eigenvalue weighted by molar-refractivity contribution is -0.122. The van der Waals surface area contributed by atoms with Crippen molar-refractivity contribution in [3.8, 4) is 6.07 Å². The Hall–Kier alpha value is -2.66. The highest BCUT2D eigenvalue weighted by atomic mass is 19.1. The molecule has 1 aliphatic heterocycles. The van der Waals surface area contributed by atoms with Crippen LogP contribution in [0.1, 0.15) is 24.0 Å². The van der Waals surface area contributed by atoms with Gasteiger partial charge < -0.3 is 16.0 Å². The molecule has 0 bridgehead atoms. The summed E-state index contributed by atoms with van der Waals surface area (Å²) in [4.78, 5) is 17.7. The van der Waals surface area contributed by atoms with Gasteiger partial charge in [-0.1, -0.05) is 0 Å². The highest BCUT2D eigenvalue weighted by Crippen LogP contribution is 2.11. The molecule has 1 aliphatic rings. The van der Waals surface area contributed by atoms with Gasteiger partial charge in [0.05, 0.1) is 18.2 Å². The van der Waals surface area contributed by atoms with Crippen LogP contribution in [0.4, 0.5) is 4.39 Å². The van der Waals surface area contributed by atoms with Gasteiger partial charge in [-0.2, -0.15) is 5.26 Å². The van der Waals surface area contributed by atoms with Crippen molar-refractivity contribution in [3.05, 3.63) is 35.1 Å². The molecule has 1 saturated heterocycles. The predicted molar refractivity (Wildman–Crippen MR) is 98.0 cm³/mol. The molecule has 0 spiro atoms. The summed E-state index contributed by atoms with van der Waals surface area (Å²) in [5.74, 6) is 0.265.